The highest BCUT2D eigenvalue weighted by Crippen LogP contribution is 2.18. The van der Waals surface area contributed by atoms with E-state index in [1.807, 2.05) is 26.0 Å². The molecule has 23 heavy (non-hydrogen) atoms. The normalized spacial score (nSPS) is 17.2. The van der Waals surface area contributed by atoms with Crippen molar-refractivity contribution in [2.75, 3.05) is 37.3 Å². The molecule has 1 aliphatic heterocycles. The number of anilines is 1. The second-order valence-corrected chi connectivity index (χ2v) is 7.81. The third-order valence-electron chi connectivity index (χ3n) is 3.78. The van der Waals surface area contributed by atoms with Gasteiger partial charge in [0.25, 0.3) is 0 Å². The molecule has 0 saturated carbocycles. The lowest BCUT2D eigenvalue weighted by molar-refractivity contribution is -0.132. The number of hydrogen-bond acceptors (Lipinski definition) is 5. The van der Waals surface area contributed by atoms with Gasteiger partial charge in [-0.2, -0.15) is 0 Å². The maximum absolute atomic E-state index is 12.3. The maximum Gasteiger partial charge on any atom is 0.240 e. The number of rotatable bonds is 4. The highest BCUT2D eigenvalue weighted by molar-refractivity contribution is 7.88. The summed E-state index contributed by atoms with van der Waals surface area (Å²) < 4.78 is 24.8. The van der Waals surface area contributed by atoms with E-state index in [0.717, 1.165) is 36.4 Å². The molecule has 1 aromatic heterocycles. The van der Waals surface area contributed by atoms with Gasteiger partial charge < -0.3 is 9.80 Å². The lowest BCUT2D eigenvalue weighted by Gasteiger charge is -2.37. The highest BCUT2D eigenvalue weighted by Gasteiger charge is 2.26. The van der Waals surface area contributed by atoms with Gasteiger partial charge in [0, 0.05) is 43.3 Å². The van der Waals surface area contributed by atoms with E-state index in [9.17, 15) is 13.2 Å². The molecule has 2 heterocycles. The number of nitrogens with one attached hydrogen (secondary N) is 1. The molecule has 2 rings (SSSR count). The smallest absolute Gasteiger partial charge is 0.240 e. The summed E-state index contributed by atoms with van der Waals surface area (Å²) in [6.07, 6.45) is 1.06. The Morgan fingerprint density at radius 1 is 1.17 bits per heavy atom. The van der Waals surface area contributed by atoms with Crippen LogP contribution < -0.4 is 9.62 Å². The molecular formula is C15H24N4O3S. The first-order valence-corrected chi connectivity index (χ1v) is 9.51. The van der Waals surface area contributed by atoms with Crippen molar-refractivity contribution in [2.24, 2.45) is 0 Å². The number of aryl methyl sites for hydroxylation is 2. The Labute approximate surface area is 137 Å². The Balaban J connectivity index is 1.96. The van der Waals surface area contributed by atoms with E-state index in [1.54, 1.807) is 11.8 Å². The van der Waals surface area contributed by atoms with Gasteiger partial charge in [0.15, 0.2) is 0 Å². The molecular weight excluding hydrogens is 316 g/mol. The molecule has 1 fully saturated rings. The van der Waals surface area contributed by atoms with Gasteiger partial charge in [0.05, 0.1) is 12.3 Å². The quantitative estimate of drug-likeness (QED) is 0.852. The number of sulfonamides is 1. The summed E-state index contributed by atoms with van der Waals surface area (Å²) in [6.45, 7) is 8.11. The van der Waals surface area contributed by atoms with E-state index >= 15 is 0 Å². The summed E-state index contributed by atoms with van der Waals surface area (Å²) in [5, 5.41) is 0. The number of carbonyl (C=O) groups is 1. The summed E-state index contributed by atoms with van der Waals surface area (Å²) in [4.78, 5) is 20.6. The fraction of sp³-hybridized carbons (Fsp3) is 0.600. The van der Waals surface area contributed by atoms with Gasteiger partial charge in [-0.15, -0.1) is 0 Å². The SMILES string of the molecule is Cc1cc(N2CCN(C(=O)[C@@H](C)NS(C)(=O)=O)CC2)cc(C)n1. The Bertz CT molecular complexity index is 662. The average Bonchev–Trinajstić information content (AvgIpc) is 2.44. The minimum atomic E-state index is -3.39. The Kier molecular flexibility index (Phi) is 5.26. The Hall–Kier alpha value is -1.67. The number of hydrogen-bond donors (Lipinski definition) is 1. The number of piperazine rings is 1. The van der Waals surface area contributed by atoms with Crippen LogP contribution in [0.3, 0.4) is 0 Å². The van der Waals surface area contributed by atoms with Gasteiger partial charge in [-0.1, -0.05) is 0 Å². The molecule has 0 aliphatic carbocycles. The molecule has 0 aromatic carbocycles. The van der Waals surface area contributed by atoms with Crippen molar-refractivity contribution in [3.63, 3.8) is 0 Å². The van der Waals surface area contributed by atoms with Crippen LogP contribution >= 0.6 is 0 Å². The van der Waals surface area contributed by atoms with Crippen molar-refractivity contribution in [3.05, 3.63) is 23.5 Å². The molecule has 0 unspecified atom stereocenters. The zero-order chi connectivity index (χ0) is 17.2. The molecule has 1 N–H and O–H groups in total. The predicted molar refractivity (Wildman–Crippen MR) is 89.9 cm³/mol. The van der Waals surface area contributed by atoms with E-state index in [-0.39, 0.29) is 5.91 Å². The standard InChI is InChI=1S/C15H24N4O3S/c1-11-9-14(10-12(2)16-11)18-5-7-19(8-6-18)15(20)13(3)17-23(4,21)22/h9-10,13,17H,5-8H2,1-4H3/t13-/m1/s1. The molecule has 1 amide bonds. The van der Waals surface area contributed by atoms with E-state index in [2.05, 4.69) is 14.6 Å². The fourth-order valence-corrected chi connectivity index (χ4v) is 3.57. The van der Waals surface area contributed by atoms with Crippen molar-refractivity contribution in [1.29, 1.82) is 0 Å². The monoisotopic (exact) mass is 340 g/mol. The van der Waals surface area contributed by atoms with E-state index in [0.29, 0.717) is 13.1 Å². The van der Waals surface area contributed by atoms with Gasteiger partial charge in [0.1, 0.15) is 0 Å². The molecule has 1 aliphatic rings. The summed E-state index contributed by atoms with van der Waals surface area (Å²) in [5.74, 6) is -0.183. The summed E-state index contributed by atoms with van der Waals surface area (Å²) >= 11 is 0. The van der Waals surface area contributed by atoms with Crippen LogP contribution in [0.25, 0.3) is 0 Å². The number of amides is 1. The number of nitrogens with zero attached hydrogens (tertiary/aromatic N) is 3. The van der Waals surface area contributed by atoms with Crippen LogP contribution in [0.5, 0.6) is 0 Å². The maximum atomic E-state index is 12.3. The van der Waals surface area contributed by atoms with Gasteiger partial charge in [-0.05, 0) is 32.9 Å². The molecule has 1 aromatic rings. The number of pyridine rings is 1. The zero-order valence-corrected chi connectivity index (χ0v) is 14.9. The lowest BCUT2D eigenvalue weighted by Crippen LogP contribution is -2.54. The van der Waals surface area contributed by atoms with Crippen LogP contribution in [0, 0.1) is 13.8 Å². The molecule has 0 radical (unpaired) electrons. The first kappa shape index (κ1) is 17.7. The molecule has 8 heteroatoms. The molecule has 7 nitrogen and oxygen atoms in total. The van der Waals surface area contributed by atoms with Crippen LogP contribution in [-0.2, 0) is 14.8 Å². The van der Waals surface area contributed by atoms with Crippen LogP contribution in [0.4, 0.5) is 5.69 Å². The van der Waals surface area contributed by atoms with Gasteiger partial charge in [0.2, 0.25) is 15.9 Å². The van der Waals surface area contributed by atoms with Gasteiger partial charge in [-0.25, -0.2) is 13.1 Å². The molecule has 0 spiro atoms. The highest BCUT2D eigenvalue weighted by atomic mass is 32.2. The van der Waals surface area contributed by atoms with Crippen LogP contribution in [0.1, 0.15) is 18.3 Å². The second-order valence-electron chi connectivity index (χ2n) is 6.03. The average molecular weight is 340 g/mol. The zero-order valence-electron chi connectivity index (χ0n) is 14.0. The largest absolute Gasteiger partial charge is 0.368 e. The number of aromatic nitrogens is 1. The molecule has 128 valence electrons. The van der Waals surface area contributed by atoms with E-state index < -0.39 is 16.1 Å². The second kappa shape index (κ2) is 6.84. The predicted octanol–water partition coefficient (Wildman–Crippen LogP) is 0.285. The van der Waals surface area contributed by atoms with Crippen LogP contribution in [0.2, 0.25) is 0 Å². The molecule has 0 bridgehead atoms. The minimum Gasteiger partial charge on any atom is -0.368 e. The third-order valence-corrected chi connectivity index (χ3v) is 4.57. The van der Waals surface area contributed by atoms with Crippen molar-refractivity contribution >= 4 is 21.6 Å². The van der Waals surface area contributed by atoms with Crippen molar-refractivity contribution < 1.29 is 13.2 Å². The third kappa shape index (κ3) is 4.90. The number of carbonyl (C=O) groups excluding carboxylic acids is 1. The van der Waals surface area contributed by atoms with Crippen LogP contribution in [-0.4, -0.2) is 62.7 Å². The molecule has 1 atom stereocenters. The summed E-state index contributed by atoms with van der Waals surface area (Å²) in [7, 11) is -3.39. The van der Waals surface area contributed by atoms with Crippen LogP contribution in [0.15, 0.2) is 12.1 Å². The Morgan fingerprint density at radius 2 is 1.70 bits per heavy atom. The van der Waals surface area contributed by atoms with Crippen molar-refractivity contribution in [1.82, 2.24) is 14.6 Å². The van der Waals surface area contributed by atoms with Gasteiger partial charge in [-0.3, -0.25) is 9.78 Å². The van der Waals surface area contributed by atoms with E-state index in [4.69, 9.17) is 0 Å². The van der Waals surface area contributed by atoms with Crippen molar-refractivity contribution in [3.8, 4) is 0 Å². The minimum absolute atomic E-state index is 0.183. The van der Waals surface area contributed by atoms with Gasteiger partial charge >= 0.3 is 0 Å². The summed E-state index contributed by atoms with van der Waals surface area (Å²) in [5.41, 5.74) is 3.07. The first-order chi connectivity index (χ1) is 10.7. The fourth-order valence-electron chi connectivity index (χ4n) is 2.83. The Morgan fingerprint density at radius 3 is 2.17 bits per heavy atom. The molecule has 1 saturated heterocycles. The van der Waals surface area contributed by atoms with Crippen molar-refractivity contribution in [2.45, 2.75) is 26.8 Å². The summed E-state index contributed by atoms with van der Waals surface area (Å²) in [6, 6.07) is 3.35. The lowest BCUT2D eigenvalue weighted by atomic mass is 10.2. The first-order valence-electron chi connectivity index (χ1n) is 7.62. The van der Waals surface area contributed by atoms with E-state index in [1.165, 1.54) is 0 Å². The topological polar surface area (TPSA) is 82.6 Å².